The summed E-state index contributed by atoms with van der Waals surface area (Å²) in [4.78, 5) is 12.3. The smallest absolute Gasteiger partial charge is 0.322 e. The summed E-state index contributed by atoms with van der Waals surface area (Å²) >= 11 is 0. The topological polar surface area (TPSA) is 72.7 Å². The molecule has 1 amide bonds. The fourth-order valence-electron chi connectivity index (χ4n) is 2.94. The third-order valence-corrected chi connectivity index (χ3v) is 4.44. The van der Waals surface area contributed by atoms with Crippen molar-refractivity contribution in [3.05, 3.63) is 66.2 Å². The maximum absolute atomic E-state index is 13.4. The van der Waals surface area contributed by atoms with Gasteiger partial charge in [-0.2, -0.15) is 13.2 Å². The molecule has 1 saturated carbocycles. The van der Waals surface area contributed by atoms with E-state index in [1.165, 1.54) is 24.3 Å². The number of aromatic nitrogens is 4. The van der Waals surface area contributed by atoms with E-state index in [1.807, 2.05) is 0 Å². The predicted molar refractivity (Wildman–Crippen MR) is 101 cm³/mol. The second-order valence-electron chi connectivity index (χ2n) is 6.67. The van der Waals surface area contributed by atoms with Gasteiger partial charge in [0.05, 0.1) is 11.6 Å². The number of hydrogen-bond donors (Lipinski definition) is 1. The summed E-state index contributed by atoms with van der Waals surface area (Å²) in [6.45, 7) is 0. The Morgan fingerprint density at radius 3 is 2.55 bits per heavy atom. The summed E-state index contributed by atoms with van der Waals surface area (Å²) in [5, 5.41) is 14.2. The van der Waals surface area contributed by atoms with Gasteiger partial charge in [-0.25, -0.2) is 4.68 Å². The number of carbonyl (C=O) groups excluding carboxylic acids is 1. The first-order chi connectivity index (χ1) is 13.9. The summed E-state index contributed by atoms with van der Waals surface area (Å²) in [7, 11) is 0. The molecular weight excluding hydrogens is 383 g/mol. The van der Waals surface area contributed by atoms with Crippen LogP contribution in [-0.2, 0) is 4.79 Å². The standard InChI is InChI=1S/C20H16F3N5O/c21-20(22,23)17(13-5-2-1-3-6-13)12-18(29)24-15-8-4-7-14(11-15)19-25-26-27-28(19)16-9-10-16/h1-8,11-12,16H,9-10H2,(H,24,29)/b17-12-. The van der Waals surface area contributed by atoms with E-state index in [-0.39, 0.29) is 11.6 Å². The van der Waals surface area contributed by atoms with E-state index in [1.54, 1.807) is 35.0 Å². The van der Waals surface area contributed by atoms with Crippen molar-refractivity contribution in [1.29, 1.82) is 0 Å². The molecule has 0 spiro atoms. The summed E-state index contributed by atoms with van der Waals surface area (Å²) in [5.74, 6) is -0.320. The zero-order valence-corrected chi connectivity index (χ0v) is 15.1. The minimum Gasteiger partial charge on any atom is -0.322 e. The quantitative estimate of drug-likeness (QED) is 0.651. The second-order valence-corrected chi connectivity index (χ2v) is 6.67. The molecule has 6 nitrogen and oxygen atoms in total. The monoisotopic (exact) mass is 399 g/mol. The highest BCUT2D eigenvalue weighted by Gasteiger charge is 2.35. The molecule has 1 N–H and O–H groups in total. The van der Waals surface area contributed by atoms with E-state index < -0.39 is 17.7 Å². The number of rotatable bonds is 5. The molecule has 9 heteroatoms. The van der Waals surface area contributed by atoms with Crippen molar-refractivity contribution in [3.8, 4) is 11.4 Å². The highest BCUT2D eigenvalue weighted by Crippen LogP contribution is 2.37. The van der Waals surface area contributed by atoms with Gasteiger partial charge in [-0.1, -0.05) is 42.5 Å². The third kappa shape index (κ3) is 4.34. The van der Waals surface area contributed by atoms with Crippen molar-refractivity contribution in [2.24, 2.45) is 0 Å². The SMILES string of the molecule is O=C(/C=C(/c1ccccc1)C(F)(F)F)Nc1cccc(-c2nnnn2C2CC2)c1. The number of allylic oxidation sites excluding steroid dienone is 1. The lowest BCUT2D eigenvalue weighted by atomic mass is 10.1. The van der Waals surface area contributed by atoms with Crippen molar-refractivity contribution < 1.29 is 18.0 Å². The van der Waals surface area contributed by atoms with Gasteiger partial charge in [0.25, 0.3) is 0 Å². The lowest BCUT2D eigenvalue weighted by Crippen LogP contribution is -2.16. The molecule has 0 atom stereocenters. The lowest BCUT2D eigenvalue weighted by molar-refractivity contribution is -0.112. The van der Waals surface area contributed by atoms with Crippen molar-refractivity contribution in [1.82, 2.24) is 20.2 Å². The summed E-state index contributed by atoms with van der Waals surface area (Å²) in [5.41, 5.74) is -0.0663. The Bertz CT molecular complexity index is 1060. The van der Waals surface area contributed by atoms with Crippen LogP contribution < -0.4 is 5.32 Å². The summed E-state index contributed by atoms with van der Waals surface area (Å²) in [6, 6.07) is 14.2. The fourth-order valence-corrected chi connectivity index (χ4v) is 2.94. The Balaban J connectivity index is 1.58. The number of tetrazole rings is 1. The van der Waals surface area contributed by atoms with Gasteiger partial charge >= 0.3 is 6.18 Å². The van der Waals surface area contributed by atoms with Crippen LogP contribution in [0.1, 0.15) is 24.4 Å². The van der Waals surface area contributed by atoms with Crippen LogP contribution in [0.15, 0.2) is 60.7 Å². The molecule has 1 aliphatic carbocycles. The number of anilines is 1. The van der Waals surface area contributed by atoms with E-state index in [2.05, 4.69) is 20.8 Å². The molecule has 0 saturated heterocycles. The van der Waals surface area contributed by atoms with Crippen LogP contribution in [0.25, 0.3) is 17.0 Å². The van der Waals surface area contributed by atoms with Gasteiger partial charge < -0.3 is 5.32 Å². The normalized spacial score (nSPS) is 14.7. The van der Waals surface area contributed by atoms with Gasteiger partial charge in [0, 0.05) is 17.3 Å². The Kier molecular flexibility index (Phi) is 4.87. The molecule has 1 aromatic heterocycles. The van der Waals surface area contributed by atoms with Crippen LogP contribution in [0.5, 0.6) is 0 Å². The fraction of sp³-hybridized carbons (Fsp3) is 0.200. The van der Waals surface area contributed by atoms with Crippen LogP contribution in [-0.4, -0.2) is 32.3 Å². The number of halogens is 3. The van der Waals surface area contributed by atoms with E-state index in [0.717, 1.165) is 12.8 Å². The largest absolute Gasteiger partial charge is 0.417 e. The number of hydrogen-bond acceptors (Lipinski definition) is 4. The first-order valence-electron chi connectivity index (χ1n) is 8.95. The van der Waals surface area contributed by atoms with Crippen LogP contribution in [0.2, 0.25) is 0 Å². The Labute approximate surface area is 164 Å². The maximum atomic E-state index is 13.4. The molecule has 4 rings (SSSR count). The number of amides is 1. The van der Waals surface area contributed by atoms with Crippen LogP contribution in [0.3, 0.4) is 0 Å². The zero-order valence-electron chi connectivity index (χ0n) is 15.1. The van der Waals surface area contributed by atoms with Crippen molar-refractivity contribution in [2.45, 2.75) is 25.1 Å². The highest BCUT2D eigenvalue weighted by atomic mass is 19.4. The zero-order chi connectivity index (χ0) is 20.4. The van der Waals surface area contributed by atoms with Crippen molar-refractivity contribution in [2.75, 3.05) is 5.32 Å². The molecular formula is C20H16F3N5O. The molecule has 3 aromatic rings. The average molecular weight is 399 g/mol. The Morgan fingerprint density at radius 1 is 1.10 bits per heavy atom. The Morgan fingerprint density at radius 2 is 1.86 bits per heavy atom. The average Bonchev–Trinajstić information content (AvgIpc) is 3.42. The minimum absolute atomic E-state index is 0.0764. The number of benzene rings is 2. The van der Waals surface area contributed by atoms with Crippen LogP contribution >= 0.6 is 0 Å². The number of carbonyl (C=O) groups is 1. The first-order valence-corrected chi connectivity index (χ1v) is 8.95. The van der Waals surface area contributed by atoms with E-state index in [9.17, 15) is 18.0 Å². The number of alkyl halides is 3. The predicted octanol–water partition coefficient (Wildman–Crippen LogP) is 4.26. The summed E-state index contributed by atoms with van der Waals surface area (Å²) < 4.78 is 41.9. The number of nitrogens with zero attached hydrogens (tertiary/aromatic N) is 4. The van der Waals surface area contributed by atoms with Crippen LogP contribution in [0, 0.1) is 0 Å². The van der Waals surface area contributed by atoms with E-state index >= 15 is 0 Å². The summed E-state index contributed by atoms with van der Waals surface area (Å²) in [6.07, 6.45) is -2.10. The van der Waals surface area contributed by atoms with Gasteiger partial charge in [-0.3, -0.25) is 4.79 Å². The lowest BCUT2D eigenvalue weighted by Gasteiger charge is -2.12. The van der Waals surface area contributed by atoms with Gasteiger partial charge in [0.2, 0.25) is 5.91 Å². The molecule has 2 aromatic carbocycles. The molecule has 0 aliphatic heterocycles. The van der Waals surface area contributed by atoms with Gasteiger partial charge in [0.1, 0.15) is 0 Å². The van der Waals surface area contributed by atoms with Gasteiger partial charge in [0.15, 0.2) is 5.82 Å². The third-order valence-electron chi connectivity index (χ3n) is 4.44. The van der Waals surface area contributed by atoms with E-state index in [0.29, 0.717) is 23.2 Å². The Hall–Kier alpha value is -3.49. The van der Waals surface area contributed by atoms with Gasteiger partial charge in [-0.05, 0) is 41.0 Å². The molecule has 1 aliphatic rings. The minimum atomic E-state index is -4.66. The maximum Gasteiger partial charge on any atom is 0.417 e. The molecule has 0 radical (unpaired) electrons. The second kappa shape index (κ2) is 7.50. The highest BCUT2D eigenvalue weighted by molar-refractivity contribution is 6.04. The van der Waals surface area contributed by atoms with Crippen molar-refractivity contribution >= 4 is 17.2 Å². The van der Waals surface area contributed by atoms with Crippen molar-refractivity contribution in [3.63, 3.8) is 0 Å². The first kappa shape index (κ1) is 18.9. The molecule has 148 valence electrons. The number of nitrogens with one attached hydrogen (secondary N) is 1. The molecule has 1 fully saturated rings. The van der Waals surface area contributed by atoms with Crippen LogP contribution in [0.4, 0.5) is 18.9 Å². The van der Waals surface area contributed by atoms with E-state index in [4.69, 9.17) is 0 Å². The molecule has 0 bridgehead atoms. The molecule has 1 heterocycles. The molecule has 0 unspecified atom stereocenters. The van der Waals surface area contributed by atoms with Gasteiger partial charge in [-0.15, -0.1) is 5.10 Å². The molecule has 29 heavy (non-hydrogen) atoms.